The highest BCUT2D eigenvalue weighted by Crippen LogP contribution is 1.91. The summed E-state index contributed by atoms with van der Waals surface area (Å²) in [6.45, 7) is 3.61. The lowest BCUT2D eigenvalue weighted by Gasteiger charge is -1.84. The predicted molar refractivity (Wildman–Crippen MR) is 29.6 cm³/mol. The fourth-order valence-electron chi connectivity index (χ4n) is 0.221. The smallest absolute Gasteiger partial charge is 0.0226 e. The molecular weight excluding hydrogens is 95.5 g/mol. The van der Waals surface area contributed by atoms with Crippen LogP contribution in [0.5, 0.6) is 0 Å². The maximum Gasteiger partial charge on any atom is 0.0226 e. The van der Waals surface area contributed by atoms with Gasteiger partial charge in [0, 0.05) is 5.88 Å². The molecule has 0 nitrogen and oxygen atoms in total. The zero-order valence-corrected chi connectivity index (χ0v) is 4.54. The number of halogens is 1. The van der Waals surface area contributed by atoms with Crippen molar-refractivity contribution in [1.82, 2.24) is 0 Å². The lowest BCUT2D eigenvalue weighted by molar-refractivity contribution is 1.03. The Hall–Kier alpha value is 0.290. The zero-order valence-electron chi connectivity index (χ0n) is 3.78. The molecule has 0 N–H and O–H groups in total. The minimum absolute atomic E-state index is 0.732. The third kappa shape index (κ3) is 4.29. The van der Waals surface area contributed by atoms with Crippen molar-refractivity contribution in [3.63, 3.8) is 0 Å². The van der Waals surface area contributed by atoms with Crippen LogP contribution in [0.2, 0.25) is 0 Å². The molecule has 0 bridgehead atoms. The van der Waals surface area contributed by atoms with Crippen molar-refractivity contribution in [1.29, 1.82) is 0 Å². The Bertz CT molecular complexity index is 15.9. The monoisotopic (exact) mass is 104 g/mol. The largest absolute Gasteiger partial charge is 0.127 e. The van der Waals surface area contributed by atoms with Gasteiger partial charge >= 0.3 is 0 Å². The predicted octanol–water partition coefficient (Wildman–Crippen LogP) is 2.04. The summed E-state index contributed by atoms with van der Waals surface area (Å²) in [5.74, 6) is 0.732. The number of rotatable bonds is 3. The SMILES string of the molecule is [CH2]C[CH]CCCl. The molecule has 0 amide bonds. The minimum atomic E-state index is 0.732. The van der Waals surface area contributed by atoms with Crippen molar-refractivity contribution in [2.24, 2.45) is 0 Å². The van der Waals surface area contributed by atoms with Crippen LogP contribution in [0.1, 0.15) is 12.8 Å². The minimum Gasteiger partial charge on any atom is -0.127 e. The molecule has 0 aromatic rings. The van der Waals surface area contributed by atoms with E-state index >= 15 is 0 Å². The number of hydrogen-bond acceptors (Lipinski definition) is 0. The van der Waals surface area contributed by atoms with Crippen LogP contribution in [0.3, 0.4) is 0 Å². The van der Waals surface area contributed by atoms with Crippen molar-refractivity contribution in [3.8, 4) is 0 Å². The van der Waals surface area contributed by atoms with E-state index in [1.165, 1.54) is 0 Å². The van der Waals surface area contributed by atoms with Gasteiger partial charge in [-0.25, -0.2) is 0 Å². The molecule has 6 heavy (non-hydrogen) atoms. The summed E-state index contributed by atoms with van der Waals surface area (Å²) >= 11 is 5.32. The van der Waals surface area contributed by atoms with Crippen LogP contribution in [0.4, 0.5) is 0 Å². The van der Waals surface area contributed by atoms with Gasteiger partial charge in [-0.15, -0.1) is 11.6 Å². The maximum absolute atomic E-state index is 5.32. The zero-order chi connectivity index (χ0) is 4.83. The van der Waals surface area contributed by atoms with Gasteiger partial charge in [-0.05, 0) is 12.8 Å². The van der Waals surface area contributed by atoms with Crippen LogP contribution in [0, 0.1) is 13.3 Å². The van der Waals surface area contributed by atoms with E-state index in [2.05, 4.69) is 13.3 Å². The van der Waals surface area contributed by atoms with Gasteiger partial charge in [-0.3, -0.25) is 0 Å². The Labute approximate surface area is 44.5 Å². The molecule has 0 aliphatic carbocycles. The molecule has 0 spiro atoms. The van der Waals surface area contributed by atoms with Gasteiger partial charge in [-0.1, -0.05) is 13.3 Å². The number of alkyl halides is 1. The summed E-state index contributed by atoms with van der Waals surface area (Å²) in [7, 11) is 0. The molecule has 0 heterocycles. The Morgan fingerprint density at radius 1 is 1.67 bits per heavy atom. The van der Waals surface area contributed by atoms with Crippen LogP contribution in [0.25, 0.3) is 0 Å². The molecule has 1 heteroatoms. The molecule has 0 saturated heterocycles. The van der Waals surface area contributed by atoms with Crippen molar-refractivity contribution in [2.75, 3.05) is 5.88 Å². The first kappa shape index (κ1) is 6.29. The standard InChI is InChI=1S/C5H9Cl/c1-2-3-4-5-6/h3H,1-2,4-5H2. The van der Waals surface area contributed by atoms with Gasteiger partial charge < -0.3 is 0 Å². The van der Waals surface area contributed by atoms with Gasteiger partial charge in [0.2, 0.25) is 0 Å². The van der Waals surface area contributed by atoms with Gasteiger partial charge in [0.25, 0.3) is 0 Å². The van der Waals surface area contributed by atoms with Gasteiger partial charge in [0.05, 0.1) is 0 Å². The summed E-state index contributed by atoms with van der Waals surface area (Å²) in [6.07, 6.45) is 3.95. The molecule has 0 aliphatic rings. The van der Waals surface area contributed by atoms with Crippen molar-refractivity contribution >= 4 is 11.6 Å². The van der Waals surface area contributed by atoms with Crippen LogP contribution in [-0.2, 0) is 0 Å². The second-order valence-electron chi connectivity index (χ2n) is 1.06. The van der Waals surface area contributed by atoms with Gasteiger partial charge in [-0.2, -0.15) is 0 Å². The van der Waals surface area contributed by atoms with E-state index in [-0.39, 0.29) is 0 Å². The molecule has 0 fully saturated rings. The second kappa shape index (κ2) is 5.29. The van der Waals surface area contributed by atoms with E-state index in [1.807, 2.05) is 0 Å². The Balaban J connectivity index is 2.34. The van der Waals surface area contributed by atoms with Crippen molar-refractivity contribution in [2.45, 2.75) is 12.8 Å². The van der Waals surface area contributed by atoms with Crippen LogP contribution >= 0.6 is 11.6 Å². The molecule has 36 valence electrons. The third-order valence-corrected chi connectivity index (χ3v) is 0.736. The Morgan fingerprint density at radius 2 is 2.33 bits per heavy atom. The fraction of sp³-hybridized carbons (Fsp3) is 0.600. The highest BCUT2D eigenvalue weighted by atomic mass is 35.5. The summed E-state index contributed by atoms with van der Waals surface area (Å²) in [4.78, 5) is 0. The maximum atomic E-state index is 5.32. The molecule has 0 aliphatic heterocycles. The van der Waals surface area contributed by atoms with E-state index in [0.29, 0.717) is 0 Å². The third-order valence-electron chi connectivity index (χ3n) is 0.517. The molecule has 2 radical (unpaired) electrons. The van der Waals surface area contributed by atoms with Gasteiger partial charge in [0.15, 0.2) is 0 Å². The summed E-state index contributed by atoms with van der Waals surface area (Å²) < 4.78 is 0. The van der Waals surface area contributed by atoms with Crippen LogP contribution in [0.15, 0.2) is 0 Å². The molecular formula is C5H9Cl. The van der Waals surface area contributed by atoms with Crippen molar-refractivity contribution < 1.29 is 0 Å². The second-order valence-corrected chi connectivity index (χ2v) is 1.43. The van der Waals surface area contributed by atoms with Crippen LogP contribution in [-0.4, -0.2) is 5.88 Å². The Morgan fingerprint density at radius 3 is 2.50 bits per heavy atom. The normalized spacial score (nSPS) is 9.00. The lowest BCUT2D eigenvalue weighted by Crippen LogP contribution is -1.72. The first-order chi connectivity index (χ1) is 2.91. The average Bonchev–Trinajstić information content (AvgIpc) is 1.61. The quantitative estimate of drug-likeness (QED) is 0.380. The van der Waals surface area contributed by atoms with Gasteiger partial charge in [0.1, 0.15) is 0 Å². The average molecular weight is 105 g/mol. The molecule has 0 atom stereocenters. The van der Waals surface area contributed by atoms with E-state index in [0.717, 1.165) is 18.7 Å². The number of unbranched alkanes of at least 4 members (excludes halogenated alkanes) is 2. The van der Waals surface area contributed by atoms with E-state index in [4.69, 9.17) is 11.6 Å². The molecule has 0 aromatic carbocycles. The molecule has 0 saturated carbocycles. The summed E-state index contributed by atoms with van der Waals surface area (Å²) in [6, 6.07) is 0. The first-order valence-electron chi connectivity index (χ1n) is 2.08. The highest BCUT2D eigenvalue weighted by Gasteiger charge is 1.77. The van der Waals surface area contributed by atoms with E-state index in [1.54, 1.807) is 0 Å². The summed E-state index contributed by atoms with van der Waals surface area (Å²) in [5, 5.41) is 0. The highest BCUT2D eigenvalue weighted by molar-refractivity contribution is 6.17. The fourth-order valence-corrected chi connectivity index (χ4v) is 0.376. The molecule has 0 aromatic heterocycles. The van der Waals surface area contributed by atoms with Crippen molar-refractivity contribution in [3.05, 3.63) is 13.3 Å². The molecule has 0 unspecified atom stereocenters. The first-order valence-corrected chi connectivity index (χ1v) is 2.62. The van der Waals surface area contributed by atoms with E-state index in [9.17, 15) is 0 Å². The van der Waals surface area contributed by atoms with E-state index < -0.39 is 0 Å². The lowest BCUT2D eigenvalue weighted by atomic mass is 10.3. The topological polar surface area (TPSA) is 0 Å². The Kier molecular flexibility index (Phi) is 5.55. The number of hydrogen-bond donors (Lipinski definition) is 0. The summed E-state index contributed by atoms with van der Waals surface area (Å²) in [5.41, 5.74) is 0. The van der Waals surface area contributed by atoms with Crippen LogP contribution < -0.4 is 0 Å². The molecule has 0 rings (SSSR count).